The fourth-order valence-electron chi connectivity index (χ4n) is 4.21. The number of methoxy groups -OCH3 is 2. The summed E-state index contributed by atoms with van der Waals surface area (Å²) in [6, 6.07) is 10.5. The summed E-state index contributed by atoms with van der Waals surface area (Å²) in [5.74, 6) is 0.706. The summed E-state index contributed by atoms with van der Waals surface area (Å²) in [5.41, 5.74) is 1.85. The zero-order valence-corrected chi connectivity index (χ0v) is 24.8. The van der Waals surface area contributed by atoms with E-state index in [1.165, 1.54) is 24.9 Å². The molecule has 0 bridgehead atoms. The normalized spacial score (nSPS) is 11.3. The number of hydrogen-bond donors (Lipinski definition) is 2. The summed E-state index contributed by atoms with van der Waals surface area (Å²) in [6.07, 6.45) is 4.88. The monoisotopic (exact) mass is 596 g/mol. The van der Waals surface area contributed by atoms with Crippen molar-refractivity contribution in [3.8, 4) is 22.6 Å². The summed E-state index contributed by atoms with van der Waals surface area (Å²) in [5, 5.41) is 6.69. The quantitative estimate of drug-likeness (QED) is 0.248. The number of pyridine rings is 1. The van der Waals surface area contributed by atoms with E-state index in [-0.39, 0.29) is 33.6 Å². The molecule has 0 radical (unpaired) electrons. The van der Waals surface area contributed by atoms with E-state index in [9.17, 15) is 9.59 Å². The number of carbonyl (C=O) groups excluding carboxylic acids is 1. The molecule has 0 aliphatic rings. The molecule has 2 N–H and O–H groups in total. The number of nitrogens with one attached hydrogen (secondary N) is 2. The molecule has 0 aliphatic carbocycles. The Balaban J connectivity index is 1.84. The average Bonchev–Trinajstić information content (AvgIpc) is 2.95. The van der Waals surface area contributed by atoms with E-state index in [1.807, 2.05) is 25.1 Å². The van der Waals surface area contributed by atoms with Gasteiger partial charge in [-0.15, -0.1) is 0 Å². The average molecular weight is 598 g/mol. The number of ether oxygens (including phenoxy) is 2. The maximum Gasteiger partial charge on any atom is 0.260 e. The Hall–Kier alpha value is -4.12. The van der Waals surface area contributed by atoms with Crippen molar-refractivity contribution in [2.45, 2.75) is 6.54 Å². The SMILES string of the molecule is CNc1ncc2cc(-c3c(Cl)c(OC)cc(OC)c3Cl)c(=O)n(Cc3cccc(NC(=O)/C=C/CN(C)C)c3)c2n1. The van der Waals surface area contributed by atoms with E-state index in [1.54, 1.807) is 49.7 Å². The lowest BCUT2D eigenvalue weighted by Gasteiger charge is -2.17. The number of aromatic nitrogens is 3. The lowest BCUT2D eigenvalue weighted by molar-refractivity contribution is -0.111. The molecule has 4 rings (SSSR count). The maximum absolute atomic E-state index is 14.1. The minimum Gasteiger partial charge on any atom is -0.495 e. The Labute approximate surface area is 247 Å². The van der Waals surface area contributed by atoms with Gasteiger partial charge in [0.05, 0.1) is 36.4 Å². The topological polar surface area (TPSA) is 111 Å². The van der Waals surface area contributed by atoms with Crippen LogP contribution in [-0.4, -0.2) is 67.2 Å². The summed E-state index contributed by atoms with van der Waals surface area (Å²) in [4.78, 5) is 37.4. The van der Waals surface area contributed by atoms with E-state index in [2.05, 4.69) is 20.6 Å². The molecule has 10 nitrogen and oxygen atoms in total. The molecule has 2 heterocycles. The Morgan fingerprint density at radius 3 is 2.44 bits per heavy atom. The first-order valence-corrected chi connectivity index (χ1v) is 13.3. The molecular formula is C29H30Cl2N6O4. The molecule has 0 spiro atoms. The van der Waals surface area contributed by atoms with Gasteiger partial charge in [0.2, 0.25) is 11.9 Å². The van der Waals surface area contributed by atoms with Crippen LogP contribution in [0.5, 0.6) is 11.5 Å². The van der Waals surface area contributed by atoms with Crippen molar-refractivity contribution in [3.63, 3.8) is 0 Å². The molecule has 0 aliphatic heterocycles. The van der Waals surface area contributed by atoms with E-state index in [0.717, 1.165) is 5.56 Å². The standard InChI is InChI=1S/C29H30Cl2N6O4/c1-32-29-33-15-18-13-20(24-25(30)21(40-4)14-22(41-5)26(24)31)28(39)37(27(18)35-29)16-17-8-6-9-19(12-17)34-23(38)10-7-11-36(2)3/h6-10,12-15H,11,16H2,1-5H3,(H,34,38)(H,32,33,35)/b10-7+. The van der Waals surface area contributed by atoms with Gasteiger partial charge >= 0.3 is 0 Å². The van der Waals surface area contributed by atoms with Gasteiger partial charge in [0.1, 0.15) is 17.1 Å². The molecule has 214 valence electrons. The molecule has 0 atom stereocenters. The lowest BCUT2D eigenvalue weighted by Crippen LogP contribution is -2.24. The maximum atomic E-state index is 14.1. The fourth-order valence-corrected chi connectivity index (χ4v) is 4.92. The molecule has 1 amide bonds. The number of fused-ring (bicyclic) bond motifs is 1. The van der Waals surface area contributed by atoms with E-state index < -0.39 is 5.56 Å². The first-order chi connectivity index (χ1) is 19.7. The number of carbonyl (C=O) groups is 1. The second kappa shape index (κ2) is 13.0. The van der Waals surface area contributed by atoms with Gasteiger partial charge < -0.3 is 25.0 Å². The number of rotatable bonds is 10. The van der Waals surface area contributed by atoms with Gasteiger partial charge in [-0.1, -0.05) is 41.4 Å². The smallest absolute Gasteiger partial charge is 0.260 e. The lowest BCUT2D eigenvalue weighted by atomic mass is 10.0. The first-order valence-electron chi connectivity index (χ1n) is 12.6. The van der Waals surface area contributed by atoms with Crippen molar-refractivity contribution in [1.82, 2.24) is 19.4 Å². The Morgan fingerprint density at radius 2 is 1.80 bits per heavy atom. The zero-order chi connectivity index (χ0) is 29.7. The Morgan fingerprint density at radius 1 is 1.10 bits per heavy atom. The van der Waals surface area contributed by atoms with Gasteiger partial charge in [-0.25, -0.2) is 4.98 Å². The minimum atomic E-state index is -0.390. The van der Waals surface area contributed by atoms with Gasteiger partial charge in [-0.2, -0.15) is 4.98 Å². The van der Waals surface area contributed by atoms with E-state index >= 15 is 0 Å². The van der Waals surface area contributed by atoms with Gasteiger partial charge in [-0.3, -0.25) is 14.2 Å². The predicted octanol–water partition coefficient (Wildman–Crippen LogP) is 4.93. The van der Waals surface area contributed by atoms with Gasteiger partial charge in [0, 0.05) is 48.6 Å². The first kappa shape index (κ1) is 29.9. The van der Waals surface area contributed by atoms with Crippen molar-refractivity contribution in [3.05, 3.63) is 80.7 Å². The van der Waals surface area contributed by atoms with E-state index in [0.29, 0.717) is 40.7 Å². The van der Waals surface area contributed by atoms with Crippen LogP contribution in [0.2, 0.25) is 10.0 Å². The number of nitrogens with zero attached hydrogens (tertiary/aromatic N) is 4. The van der Waals surface area contributed by atoms with Crippen LogP contribution >= 0.6 is 23.2 Å². The molecule has 2 aromatic heterocycles. The molecule has 2 aromatic carbocycles. The molecule has 0 saturated heterocycles. The summed E-state index contributed by atoms with van der Waals surface area (Å²) in [6.45, 7) is 0.781. The van der Waals surface area contributed by atoms with Gasteiger partial charge in [0.15, 0.2) is 0 Å². The number of amides is 1. The zero-order valence-electron chi connectivity index (χ0n) is 23.3. The van der Waals surface area contributed by atoms with E-state index in [4.69, 9.17) is 32.7 Å². The molecule has 0 fully saturated rings. The fraction of sp³-hybridized carbons (Fsp3) is 0.241. The predicted molar refractivity (Wildman–Crippen MR) is 164 cm³/mol. The highest BCUT2D eigenvalue weighted by Gasteiger charge is 2.23. The third kappa shape index (κ3) is 6.62. The largest absolute Gasteiger partial charge is 0.495 e. The Kier molecular flexibility index (Phi) is 9.49. The highest BCUT2D eigenvalue weighted by molar-refractivity contribution is 6.41. The van der Waals surface area contributed by atoms with Crippen molar-refractivity contribution in [2.24, 2.45) is 0 Å². The van der Waals surface area contributed by atoms with Gasteiger partial charge in [-0.05, 0) is 37.9 Å². The molecule has 0 unspecified atom stereocenters. The van der Waals surface area contributed by atoms with Crippen LogP contribution in [0.1, 0.15) is 5.56 Å². The number of likely N-dealkylation sites (N-methyl/N-ethyl adjacent to an activating group) is 1. The highest BCUT2D eigenvalue weighted by Crippen LogP contribution is 2.45. The van der Waals surface area contributed by atoms with Crippen LogP contribution in [0.15, 0.2) is 59.5 Å². The molecule has 41 heavy (non-hydrogen) atoms. The van der Waals surface area contributed by atoms with Crippen LogP contribution in [0.3, 0.4) is 0 Å². The molecule has 4 aromatic rings. The molecule has 0 saturated carbocycles. The third-order valence-electron chi connectivity index (χ3n) is 6.17. The molecular weight excluding hydrogens is 567 g/mol. The van der Waals surface area contributed by atoms with Crippen molar-refractivity contribution >= 4 is 51.8 Å². The summed E-state index contributed by atoms with van der Waals surface area (Å²) in [7, 11) is 8.47. The van der Waals surface area contributed by atoms with Crippen molar-refractivity contribution in [1.29, 1.82) is 0 Å². The van der Waals surface area contributed by atoms with Crippen molar-refractivity contribution < 1.29 is 14.3 Å². The second-order valence-corrected chi connectivity index (χ2v) is 10.1. The highest BCUT2D eigenvalue weighted by atomic mass is 35.5. The number of benzene rings is 2. The van der Waals surface area contributed by atoms with Crippen LogP contribution in [-0.2, 0) is 11.3 Å². The summed E-state index contributed by atoms with van der Waals surface area (Å²) >= 11 is 13.4. The van der Waals surface area contributed by atoms with Gasteiger partial charge in [0.25, 0.3) is 5.56 Å². The Bertz CT molecular complexity index is 1660. The third-order valence-corrected chi connectivity index (χ3v) is 6.92. The number of hydrogen-bond acceptors (Lipinski definition) is 8. The number of anilines is 2. The van der Waals surface area contributed by atoms with Crippen LogP contribution in [0, 0.1) is 0 Å². The second-order valence-electron chi connectivity index (χ2n) is 9.31. The van der Waals surface area contributed by atoms with Crippen LogP contribution in [0.4, 0.5) is 11.6 Å². The van der Waals surface area contributed by atoms with Crippen molar-refractivity contribution in [2.75, 3.05) is 52.5 Å². The number of halogens is 2. The minimum absolute atomic E-state index is 0.139. The van der Waals surface area contributed by atoms with Crippen LogP contribution < -0.4 is 25.7 Å². The molecule has 12 heteroatoms. The summed E-state index contributed by atoms with van der Waals surface area (Å²) < 4.78 is 12.3. The van der Waals surface area contributed by atoms with Crippen LogP contribution in [0.25, 0.3) is 22.2 Å².